The summed E-state index contributed by atoms with van der Waals surface area (Å²) in [5.41, 5.74) is 5.09. The van der Waals surface area contributed by atoms with E-state index >= 15 is 0 Å². The van der Waals surface area contributed by atoms with Gasteiger partial charge >= 0.3 is 0 Å². The lowest BCUT2D eigenvalue weighted by Gasteiger charge is -2.21. The molecule has 0 aromatic heterocycles. The molecule has 4 heteroatoms. The highest BCUT2D eigenvalue weighted by Gasteiger charge is 2.41. The molecule has 0 aromatic carbocycles. The number of rotatable bonds is 2. The Kier molecular flexibility index (Phi) is 2.44. The van der Waals surface area contributed by atoms with Gasteiger partial charge in [-0.15, -0.1) is 0 Å². The third kappa shape index (κ3) is 1.61. The lowest BCUT2D eigenvalue weighted by atomic mass is 9.81. The minimum atomic E-state index is -0.406. The van der Waals surface area contributed by atoms with E-state index in [1.165, 1.54) is 6.42 Å². The van der Waals surface area contributed by atoms with E-state index in [0.29, 0.717) is 5.92 Å². The van der Waals surface area contributed by atoms with Crippen molar-refractivity contribution in [2.45, 2.75) is 25.7 Å². The third-order valence-corrected chi connectivity index (χ3v) is 3.34. The first-order chi connectivity index (χ1) is 6.68. The number of fused-ring (bicyclic) bond motifs is 1. The zero-order valence-electron chi connectivity index (χ0n) is 8.24. The van der Waals surface area contributed by atoms with Gasteiger partial charge in [0.15, 0.2) is 0 Å². The van der Waals surface area contributed by atoms with E-state index in [2.05, 4.69) is 0 Å². The molecule has 14 heavy (non-hydrogen) atoms. The molecule has 1 heterocycles. The summed E-state index contributed by atoms with van der Waals surface area (Å²) in [6.45, 7) is 0.846. The monoisotopic (exact) mass is 196 g/mol. The van der Waals surface area contributed by atoms with Crippen LogP contribution in [0.3, 0.4) is 0 Å². The Bertz CT molecular complexity index is 265. The Hall–Kier alpha value is -1.06. The van der Waals surface area contributed by atoms with Crippen molar-refractivity contribution in [3.05, 3.63) is 0 Å². The molecule has 0 bridgehead atoms. The molecule has 2 amide bonds. The van der Waals surface area contributed by atoms with Crippen LogP contribution in [0.4, 0.5) is 0 Å². The van der Waals surface area contributed by atoms with E-state index in [9.17, 15) is 9.59 Å². The molecular formula is C10H16N2O2. The fourth-order valence-electron chi connectivity index (χ4n) is 2.69. The van der Waals surface area contributed by atoms with E-state index in [1.807, 2.05) is 0 Å². The summed E-state index contributed by atoms with van der Waals surface area (Å²) in [4.78, 5) is 24.2. The first-order valence-electron chi connectivity index (χ1n) is 5.25. The molecule has 0 unspecified atom stereocenters. The van der Waals surface area contributed by atoms with E-state index in [-0.39, 0.29) is 18.4 Å². The molecule has 0 radical (unpaired) electrons. The summed E-state index contributed by atoms with van der Waals surface area (Å²) in [5.74, 6) is 0.407. The molecule has 2 aliphatic rings. The molecule has 0 aromatic rings. The lowest BCUT2D eigenvalue weighted by Crippen LogP contribution is -2.35. The third-order valence-electron chi connectivity index (χ3n) is 3.34. The van der Waals surface area contributed by atoms with Crippen LogP contribution in [0.15, 0.2) is 0 Å². The first-order valence-corrected chi connectivity index (χ1v) is 5.25. The van der Waals surface area contributed by atoms with Crippen LogP contribution in [0.5, 0.6) is 0 Å². The second kappa shape index (κ2) is 3.59. The number of amides is 2. The number of nitrogens with zero attached hydrogens (tertiary/aromatic N) is 1. The Balaban J connectivity index is 2.02. The van der Waals surface area contributed by atoms with Gasteiger partial charge in [-0.1, -0.05) is 12.8 Å². The van der Waals surface area contributed by atoms with Crippen LogP contribution in [0.1, 0.15) is 25.7 Å². The van der Waals surface area contributed by atoms with Gasteiger partial charge < -0.3 is 10.6 Å². The van der Waals surface area contributed by atoms with Crippen LogP contribution >= 0.6 is 0 Å². The van der Waals surface area contributed by atoms with Crippen molar-refractivity contribution in [3.63, 3.8) is 0 Å². The first kappa shape index (κ1) is 9.49. The summed E-state index contributed by atoms with van der Waals surface area (Å²) >= 11 is 0. The summed E-state index contributed by atoms with van der Waals surface area (Å²) in [6.07, 6.45) is 4.50. The zero-order valence-corrected chi connectivity index (χ0v) is 8.24. The molecule has 0 spiro atoms. The van der Waals surface area contributed by atoms with E-state index in [1.54, 1.807) is 4.90 Å². The van der Waals surface area contributed by atoms with Gasteiger partial charge in [-0.2, -0.15) is 0 Å². The molecule has 2 fully saturated rings. The number of primary amides is 1. The summed E-state index contributed by atoms with van der Waals surface area (Å²) < 4.78 is 0. The summed E-state index contributed by atoms with van der Waals surface area (Å²) in [6, 6.07) is 0. The molecule has 1 saturated heterocycles. The minimum Gasteiger partial charge on any atom is -0.368 e. The van der Waals surface area contributed by atoms with Gasteiger partial charge in [0.25, 0.3) is 0 Å². The van der Waals surface area contributed by atoms with Gasteiger partial charge in [0.1, 0.15) is 0 Å². The number of carbonyl (C=O) groups excluding carboxylic acids is 2. The maximum atomic E-state index is 11.8. The number of hydrogen-bond acceptors (Lipinski definition) is 2. The molecule has 78 valence electrons. The van der Waals surface area contributed by atoms with Crippen LogP contribution in [0.25, 0.3) is 0 Å². The fraction of sp³-hybridized carbons (Fsp3) is 0.800. The maximum Gasteiger partial charge on any atom is 0.237 e. The van der Waals surface area contributed by atoms with Crippen molar-refractivity contribution in [3.8, 4) is 0 Å². The average molecular weight is 196 g/mol. The number of nitrogens with two attached hydrogens (primary N) is 1. The van der Waals surface area contributed by atoms with Crippen LogP contribution in [-0.4, -0.2) is 29.8 Å². The topological polar surface area (TPSA) is 63.4 Å². The Morgan fingerprint density at radius 2 is 2.14 bits per heavy atom. The van der Waals surface area contributed by atoms with Gasteiger partial charge in [-0.25, -0.2) is 0 Å². The van der Waals surface area contributed by atoms with Gasteiger partial charge in [0, 0.05) is 12.5 Å². The molecule has 1 saturated carbocycles. The van der Waals surface area contributed by atoms with Crippen molar-refractivity contribution in [2.24, 2.45) is 17.6 Å². The van der Waals surface area contributed by atoms with Gasteiger partial charge in [0.05, 0.1) is 6.54 Å². The highest BCUT2D eigenvalue weighted by atomic mass is 16.2. The molecular weight excluding hydrogens is 180 g/mol. The van der Waals surface area contributed by atoms with Crippen LogP contribution in [0, 0.1) is 11.8 Å². The number of carbonyl (C=O) groups is 2. The van der Waals surface area contributed by atoms with Crippen LogP contribution < -0.4 is 5.73 Å². The van der Waals surface area contributed by atoms with Crippen LogP contribution in [-0.2, 0) is 9.59 Å². The quantitative estimate of drug-likeness (QED) is 0.681. The van der Waals surface area contributed by atoms with Crippen molar-refractivity contribution in [2.75, 3.05) is 13.1 Å². The summed E-state index contributed by atoms with van der Waals surface area (Å²) in [7, 11) is 0. The largest absolute Gasteiger partial charge is 0.368 e. The van der Waals surface area contributed by atoms with Crippen LogP contribution in [0.2, 0.25) is 0 Å². The highest BCUT2D eigenvalue weighted by molar-refractivity contribution is 5.86. The predicted octanol–water partition coefficient (Wildman–Crippen LogP) is 0.120. The van der Waals surface area contributed by atoms with E-state index < -0.39 is 5.91 Å². The van der Waals surface area contributed by atoms with Gasteiger partial charge in [0.2, 0.25) is 11.8 Å². The van der Waals surface area contributed by atoms with Gasteiger partial charge in [-0.3, -0.25) is 9.59 Å². The van der Waals surface area contributed by atoms with Crippen molar-refractivity contribution in [1.29, 1.82) is 0 Å². The SMILES string of the molecule is NC(=O)CN1C[C@@H]2CCCC[C@@H]2C1=O. The number of hydrogen-bond donors (Lipinski definition) is 1. The predicted molar refractivity (Wildman–Crippen MR) is 51.2 cm³/mol. The normalized spacial score (nSPS) is 31.7. The molecule has 1 aliphatic heterocycles. The second-order valence-corrected chi connectivity index (χ2v) is 4.34. The average Bonchev–Trinajstić information content (AvgIpc) is 2.44. The Morgan fingerprint density at radius 3 is 2.79 bits per heavy atom. The van der Waals surface area contributed by atoms with E-state index in [4.69, 9.17) is 5.73 Å². The molecule has 2 atom stereocenters. The fourth-order valence-corrected chi connectivity index (χ4v) is 2.69. The standard InChI is InChI=1S/C10H16N2O2/c11-9(13)6-12-5-7-3-1-2-4-8(7)10(12)14/h7-8H,1-6H2,(H2,11,13)/t7-,8-/m0/s1. The molecule has 4 nitrogen and oxygen atoms in total. The highest BCUT2D eigenvalue weighted by Crippen LogP contribution is 2.36. The minimum absolute atomic E-state index is 0.103. The van der Waals surface area contributed by atoms with Gasteiger partial charge in [-0.05, 0) is 18.8 Å². The molecule has 2 N–H and O–H groups in total. The second-order valence-electron chi connectivity index (χ2n) is 4.34. The maximum absolute atomic E-state index is 11.8. The van der Waals surface area contributed by atoms with Crippen molar-refractivity contribution < 1.29 is 9.59 Å². The Labute approximate surface area is 83.4 Å². The molecule has 1 aliphatic carbocycles. The number of likely N-dealkylation sites (tertiary alicyclic amines) is 1. The summed E-state index contributed by atoms with van der Waals surface area (Å²) in [5, 5.41) is 0. The smallest absolute Gasteiger partial charge is 0.237 e. The van der Waals surface area contributed by atoms with Crippen molar-refractivity contribution in [1.82, 2.24) is 4.90 Å². The van der Waals surface area contributed by atoms with Crippen molar-refractivity contribution >= 4 is 11.8 Å². The Morgan fingerprint density at radius 1 is 1.43 bits per heavy atom. The zero-order chi connectivity index (χ0) is 10.1. The van der Waals surface area contributed by atoms with E-state index in [0.717, 1.165) is 25.8 Å². The molecule has 2 rings (SSSR count). The lowest BCUT2D eigenvalue weighted by molar-refractivity contribution is -0.134.